The molecule has 4 aliphatic rings. The molecular weight excluding hydrogens is 344 g/mol. The summed E-state index contributed by atoms with van der Waals surface area (Å²) in [5.74, 6) is 1.17. The van der Waals surface area contributed by atoms with Crippen LogP contribution in [0.5, 0.6) is 0 Å². The Labute approximate surface area is 159 Å². The zero-order valence-electron chi connectivity index (χ0n) is 16.0. The molecule has 0 aliphatic heterocycles. The van der Waals surface area contributed by atoms with Gasteiger partial charge in [0.15, 0.2) is 5.78 Å². The first-order valence-electron chi connectivity index (χ1n) is 9.90. The molecule has 0 bridgehead atoms. The van der Waals surface area contributed by atoms with E-state index in [4.69, 9.17) is 5.11 Å². The van der Waals surface area contributed by atoms with Crippen LogP contribution >= 0.6 is 0 Å². The van der Waals surface area contributed by atoms with E-state index in [1.165, 1.54) is 0 Å². The molecule has 2 N–H and O–H groups in total. The first kappa shape index (κ1) is 18.5. The van der Waals surface area contributed by atoms with E-state index in [9.17, 15) is 14.7 Å². The quantitative estimate of drug-likeness (QED) is 0.580. The van der Waals surface area contributed by atoms with Gasteiger partial charge in [-0.1, -0.05) is 38.2 Å². The highest BCUT2D eigenvalue weighted by Gasteiger charge is 2.61. The zero-order chi connectivity index (χ0) is 19.4. The van der Waals surface area contributed by atoms with Crippen molar-refractivity contribution in [1.29, 1.82) is 0 Å². The van der Waals surface area contributed by atoms with Gasteiger partial charge in [0.2, 0.25) is 0 Å². The SMILES string of the molecule is C[C@]12CCC(=O)C=C1C=C[C@@H]1[C@@H]2C=C[C@@]2(C)[C@H]1CC[C@@]2(O)CCOC(=O)O. The van der Waals surface area contributed by atoms with Crippen LogP contribution in [0.15, 0.2) is 36.0 Å². The molecule has 5 heteroatoms. The van der Waals surface area contributed by atoms with Crippen LogP contribution in [0.25, 0.3) is 0 Å². The third-order valence-corrected chi connectivity index (χ3v) is 8.01. The largest absolute Gasteiger partial charge is 0.505 e. The van der Waals surface area contributed by atoms with Gasteiger partial charge in [0.05, 0.1) is 12.2 Å². The molecule has 0 unspecified atom stereocenters. The number of ketones is 1. The molecule has 1 saturated carbocycles. The highest BCUT2D eigenvalue weighted by Crippen LogP contribution is 2.64. The minimum atomic E-state index is -1.30. The molecule has 0 spiro atoms. The molecule has 0 aromatic heterocycles. The van der Waals surface area contributed by atoms with Crippen molar-refractivity contribution in [3.8, 4) is 0 Å². The van der Waals surface area contributed by atoms with Crippen molar-refractivity contribution in [1.82, 2.24) is 0 Å². The molecule has 6 atom stereocenters. The molecule has 4 aliphatic carbocycles. The lowest BCUT2D eigenvalue weighted by Crippen LogP contribution is -2.51. The van der Waals surface area contributed by atoms with Crippen LogP contribution < -0.4 is 0 Å². The average molecular weight is 372 g/mol. The predicted octanol–water partition coefficient (Wildman–Crippen LogP) is 3.89. The van der Waals surface area contributed by atoms with E-state index in [0.717, 1.165) is 18.4 Å². The molecule has 146 valence electrons. The summed E-state index contributed by atoms with van der Waals surface area (Å²) in [7, 11) is 0. The minimum Gasteiger partial charge on any atom is -0.450 e. The number of carbonyl (C=O) groups excluding carboxylic acids is 1. The Morgan fingerprint density at radius 3 is 2.81 bits per heavy atom. The molecule has 1 fully saturated rings. The number of ether oxygens (including phenoxy) is 1. The van der Waals surface area contributed by atoms with Gasteiger partial charge in [0, 0.05) is 18.3 Å². The lowest BCUT2D eigenvalue weighted by atomic mass is 9.51. The summed E-state index contributed by atoms with van der Waals surface area (Å²) < 4.78 is 4.68. The molecule has 0 aromatic carbocycles. The molecule has 27 heavy (non-hydrogen) atoms. The van der Waals surface area contributed by atoms with Gasteiger partial charge in [-0.15, -0.1) is 0 Å². The maximum atomic E-state index is 11.9. The van der Waals surface area contributed by atoms with Gasteiger partial charge in [-0.2, -0.15) is 0 Å². The van der Waals surface area contributed by atoms with Gasteiger partial charge in [-0.05, 0) is 54.1 Å². The Morgan fingerprint density at radius 2 is 2.07 bits per heavy atom. The lowest BCUT2D eigenvalue weighted by Gasteiger charge is -2.54. The van der Waals surface area contributed by atoms with E-state index < -0.39 is 17.2 Å². The molecule has 0 heterocycles. The van der Waals surface area contributed by atoms with Crippen molar-refractivity contribution in [2.75, 3.05) is 6.61 Å². The van der Waals surface area contributed by atoms with Gasteiger partial charge >= 0.3 is 6.16 Å². The fourth-order valence-corrected chi connectivity index (χ4v) is 6.20. The van der Waals surface area contributed by atoms with Crippen LogP contribution in [-0.2, 0) is 9.53 Å². The summed E-state index contributed by atoms with van der Waals surface area (Å²) in [6.45, 7) is 4.38. The smallest absolute Gasteiger partial charge is 0.450 e. The Bertz CT molecular complexity index is 765. The van der Waals surface area contributed by atoms with E-state index in [1.54, 1.807) is 0 Å². The second-order valence-electron chi connectivity index (χ2n) is 9.13. The zero-order valence-corrected chi connectivity index (χ0v) is 16.0. The van der Waals surface area contributed by atoms with Crippen molar-refractivity contribution >= 4 is 11.9 Å². The second-order valence-corrected chi connectivity index (χ2v) is 9.13. The fourth-order valence-electron chi connectivity index (χ4n) is 6.20. The van der Waals surface area contributed by atoms with E-state index >= 15 is 0 Å². The Morgan fingerprint density at radius 1 is 1.30 bits per heavy atom. The van der Waals surface area contributed by atoms with Crippen LogP contribution in [-0.4, -0.2) is 34.4 Å². The highest BCUT2D eigenvalue weighted by atomic mass is 16.7. The molecule has 0 saturated heterocycles. The predicted molar refractivity (Wildman–Crippen MR) is 100 cm³/mol. The van der Waals surface area contributed by atoms with Crippen molar-refractivity contribution in [2.45, 2.75) is 51.6 Å². The number of carboxylic acid groups (broad SMARTS) is 1. The Hall–Kier alpha value is -1.88. The number of rotatable bonds is 3. The average Bonchev–Trinajstić information content (AvgIpc) is 2.87. The van der Waals surface area contributed by atoms with Gasteiger partial charge < -0.3 is 14.9 Å². The van der Waals surface area contributed by atoms with Crippen LogP contribution in [0.2, 0.25) is 0 Å². The number of aliphatic hydroxyl groups is 1. The second kappa shape index (κ2) is 6.06. The van der Waals surface area contributed by atoms with Crippen LogP contribution in [0.1, 0.15) is 46.0 Å². The summed E-state index contributed by atoms with van der Waals surface area (Å²) in [6, 6.07) is 0. The fraction of sp³-hybridized carbons (Fsp3) is 0.636. The third-order valence-electron chi connectivity index (χ3n) is 8.01. The lowest BCUT2D eigenvalue weighted by molar-refractivity contribution is -0.116. The van der Waals surface area contributed by atoms with Crippen LogP contribution in [0.3, 0.4) is 0 Å². The molecule has 0 amide bonds. The third kappa shape index (κ3) is 2.62. The van der Waals surface area contributed by atoms with Crippen molar-refractivity contribution in [2.24, 2.45) is 28.6 Å². The molecule has 0 aromatic rings. The van der Waals surface area contributed by atoms with Crippen molar-refractivity contribution < 1.29 is 24.5 Å². The van der Waals surface area contributed by atoms with Crippen LogP contribution in [0.4, 0.5) is 4.79 Å². The van der Waals surface area contributed by atoms with Gasteiger partial charge in [0.25, 0.3) is 0 Å². The summed E-state index contributed by atoms with van der Waals surface area (Å²) in [5.41, 5.74) is -0.251. The van der Waals surface area contributed by atoms with Gasteiger partial charge in [-0.3, -0.25) is 4.79 Å². The summed E-state index contributed by atoms with van der Waals surface area (Å²) in [6.07, 6.45) is 12.6. The van der Waals surface area contributed by atoms with E-state index in [2.05, 4.69) is 42.9 Å². The molecular formula is C22H28O5. The molecule has 4 rings (SSSR count). The highest BCUT2D eigenvalue weighted by molar-refractivity contribution is 5.92. The number of allylic oxidation sites excluding steroid dienone is 5. The number of hydrogen-bond donors (Lipinski definition) is 2. The summed E-state index contributed by atoms with van der Waals surface area (Å²) in [5, 5.41) is 20.1. The first-order chi connectivity index (χ1) is 12.7. The number of fused-ring (bicyclic) bond motifs is 5. The number of hydrogen-bond acceptors (Lipinski definition) is 4. The molecule has 0 radical (unpaired) electrons. The minimum absolute atomic E-state index is 0.0125. The van der Waals surface area contributed by atoms with E-state index in [-0.39, 0.29) is 17.8 Å². The molecule has 5 nitrogen and oxygen atoms in total. The van der Waals surface area contributed by atoms with E-state index in [1.807, 2.05) is 6.08 Å². The van der Waals surface area contributed by atoms with Gasteiger partial charge in [-0.25, -0.2) is 4.79 Å². The Kier molecular flexibility index (Phi) is 4.15. The van der Waals surface area contributed by atoms with Crippen LogP contribution in [0, 0.1) is 28.6 Å². The maximum Gasteiger partial charge on any atom is 0.505 e. The number of carbonyl (C=O) groups is 2. The van der Waals surface area contributed by atoms with Gasteiger partial charge in [0.1, 0.15) is 0 Å². The summed E-state index contributed by atoms with van der Waals surface area (Å²) in [4.78, 5) is 22.5. The normalized spacial score (nSPS) is 44.9. The first-order valence-corrected chi connectivity index (χ1v) is 9.90. The summed E-state index contributed by atoms with van der Waals surface area (Å²) >= 11 is 0. The standard InChI is InChI=1S/C22H28O5/c1-20-8-5-15(23)13-14(20)3-4-16-17(20)6-9-21(2)18(16)7-10-22(21,26)11-12-27-19(24)25/h3-4,6,9,13,16-18,26H,5,7-8,10-12H2,1-2H3,(H,24,25)/t16-,17+,18+,20+,21+,22-/m1/s1. The van der Waals surface area contributed by atoms with Crippen molar-refractivity contribution in [3.63, 3.8) is 0 Å². The van der Waals surface area contributed by atoms with Crippen molar-refractivity contribution in [3.05, 3.63) is 36.0 Å². The maximum absolute atomic E-state index is 11.9. The van der Waals surface area contributed by atoms with E-state index in [0.29, 0.717) is 37.0 Å². The Balaban J connectivity index is 1.64. The topological polar surface area (TPSA) is 83.8 Å². The monoisotopic (exact) mass is 372 g/mol.